The number of piperidine rings is 1. The average molecular weight is 363 g/mol. The third kappa shape index (κ3) is 2.66. The highest BCUT2D eigenvalue weighted by molar-refractivity contribution is 6.00. The first-order valence-electron chi connectivity index (χ1n) is 9.09. The Labute approximate surface area is 154 Å². The highest BCUT2D eigenvalue weighted by atomic mass is 19.1. The zero-order chi connectivity index (χ0) is 18.4. The second-order valence-corrected chi connectivity index (χ2v) is 6.88. The number of rotatable bonds is 2. The molecule has 27 heavy (non-hydrogen) atoms. The van der Waals surface area contributed by atoms with Gasteiger partial charge in [0, 0.05) is 12.7 Å². The second-order valence-electron chi connectivity index (χ2n) is 6.88. The van der Waals surface area contributed by atoms with E-state index in [1.165, 1.54) is 12.1 Å². The Kier molecular flexibility index (Phi) is 3.67. The molecule has 1 atom stereocenters. The Hall–Kier alpha value is -3.22. The summed E-state index contributed by atoms with van der Waals surface area (Å²) in [6.07, 6.45) is 6.25. The van der Waals surface area contributed by atoms with Crippen molar-refractivity contribution in [3.8, 4) is 0 Å². The smallest absolute Gasteiger partial charge is 0.258 e. The van der Waals surface area contributed by atoms with E-state index < -0.39 is 0 Å². The van der Waals surface area contributed by atoms with E-state index in [9.17, 15) is 9.18 Å². The fraction of sp³-hybridized carbons (Fsp3) is 0.250. The lowest BCUT2D eigenvalue weighted by atomic mass is 10.0. The normalized spacial score (nSPS) is 17.7. The lowest BCUT2D eigenvalue weighted by Gasteiger charge is -2.34. The lowest BCUT2D eigenvalue weighted by molar-refractivity contribution is 0.0603. The molecular formula is C20H18FN5O. The molecule has 0 radical (unpaired) electrons. The van der Waals surface area contributed by atoms with Crippen LogP contribution in [0.4, 0.5) is 4.39 Å². The quantitative estimate of drug-likeness (QED) is 0.590. The monoisotopic (exact) mass is 363 g/mol. The molecule has 1 aromatic carbocycles. The number of H-pyrrole nitrogens is 1. The summed E-state index contributed by atoms with van der Waals surface area (Å²) in [4.78, 5) is 23.0. The summed E-state index contributed by atoms with van der Waals surface area (Å²) < 4.78 is 15.2. The fourth-order valence-electron chi connectivity index (χ4n) is 3.87. The SMILES string of the molecule is O=C(c1cnn2ccccc12)N1CCCCC1c1nc2ccc(F)cc2[nH]1. The van der Waals surface area contributed by atoms with E-state index in [0.717, 1.165) is 24.8 Å². The van der Waals surface area contributed by atoms with Gasteiger partial charge in [0.1, 0.15) is 11.6 Å². The summed E-state index contributed by atoms with van der Waals surface area (Å²) in [5, 5.41) is 4.28. The van der Waals surface area contributed by atoms with Crippen LogP contribution < -0.4 is 0 Å². The molecule has 1 fully saturated rings. The van der Waals surface area contributed by atoms with Gasteiger partial charge >= 0.3 is 0 Å². The zero-order valence-electron chi connectivity index (χ0n) is 14.6. The lowest BCUT2D eigenvalue weighted by Crippen LogP contribution is -2.39. The summed E-state index contributed by atoms with van der Waals surface area (Å²) in [5.74, 6) is 0.355. The number of aromatic amines is 1. The molecule has 1 unspecified atom stereocenters. The van der Waals surface area contributed by atoms with Gasteiger partial charge in [-0.05, 0) is 49.6 Å². The van der Waals surface area contributed by atoms with E-state index in [1.54, 1.807) is 16.8 Å². The van der Waals surface area contributed by atoms with E-state index in [2.05, 4.69) is 15.1 Å². The molecule has 7 heteroatoms. The summed E-state index contributed by atoms with van der Waals surface area (Å²) in [6, 6.07) is 10.0. The molecule has 136 valence electrons. The molecule has 4 heterocycles. The second kappa shape index (κ2) is 6.19. The topological polar surface area (TPSA) is 66.3 Å². The molecule has 1 amide bonds. The van der Waals surface area contributed by atoms with Gasteiger partial charge in [-0.25, -0.2) is 13.9 Å². The van der Waals surface area contributed by atoms with E-state index in [0.29, 0.717) is 29.0 Å². The molecule has 0 spiro atoms. The van der Waals surface area contributed by atoms with Crippen LogP contribution in [0.3, 0.4) is 0 Å². The van der Waals surface area contributed by atoms with E-state index >= 15 is 0 Å². The van der Waals surface area contributed by atoms with Gasteiger partial charge in [0.15, 0.2) is 0 Å². The third-order valence-corrected chi connectivity index (χ3v) is 5.20. The van der Waals surface area contributed by atoms with Crippen molar-refractivity contribution in [3.05, 3.63) is 66.0 Å². The molecule has 1 saturated heterocycles. The number of pyridine rings is 1. The molecule has 6 nitrogen and oxygen atoms in total. The van der Waals surface area contributed by atoms with Crippen molar-refractivity contribution >= 4 is 22.5 Å². The van der Waals surface area contributed by atoms with Crippen LogP contribution >= 0.6 is 0 Å². The van der Waals surface area contributed by atoms with Crippen molar-refractivity contribution in [2.45, 2.75) is 25.3 Å². The third-order valence-electron chi connectivity index (χ3n) is 5.20. The van der Waals surface area contributed by atoms with Crippen LogP contribution in [0.15, 0.2) is 48.8 Å². The van der Waals surface area contributed by atoms with E-state index in [1.807, 2.05) is 29.3 Å². The van der Waals surface area contributed by atoms with Crippen LogP contribution in [0.25, 0.3) is 16.6 Å². The molecule has 3 aromatic heterocycles. The van der Waals surface area contributed by atoms with E-state index in [4.69, 9.17) is 0 Å². The summed E-state index contributed by atoms with van der Waals surface area (Å²) in [7, 11) is 0. The molecule has 0 aliphatic carbocycles. The molecule has 0 saturated carbocycles. The predicted octanol–water partition coefficient (Wildman–Crippen LogP) is 3.72. The maximum Gasteiger partial charge on any atom is 0.258 e. The first-order chi connectivity index (χ1) is 13.2. The van der Waals surface area contributed by atoms with Crippen LogP contribution in [-0.2, 0) is 0 Å². The maximum atomic E-state index is 13.5. The number of halogens is 1. The Morgan fingerprint density at radius 2 is 2.15 bits per heavy atom. The molecule has 1 aliphatic heterocycles. The predicted molar refractivity (Wildman–Crippen MR) is 98.9 cm³/mol. The zero-order valence-corrected chi connectivity index (χ0v) is 14.6. The van der Waals surface area contributed by atoms with E-state index in [-0.39, 0.29) is 17.8 Å². The van der Waals surface area contributed by atoms with Crippen molar-refractivity contribution < 1.29 is 9.18 Å². The number of benzene rings is 1. The first-order valence-corrected chi connectivity index (χ1v) is 9.09. The summed E-state index contributed by atoms with van der Waals surface area (Å²) in [6.45, 7) is 0.666. The number of nitrogens with one attached hydrogen (secondary N) is 1. The molecule has 4 aromatic rings. The van der Waals surface area contributed by atoms with Gasteiger partial charge in [-0.15, -0.1) is 0 Å². The van der Waals surface area contributed by atoms with Crippen LogP contribution in [0.2, 0.25) is 0 Å². The number of imidazole rings is 1. The van der Waals surface area contributed by atoms with Crippen LogP contribution in [0.1, 0.15) is 41.5 Å². The minimum atomic E-state index is -0.305. The number of hydrogen-bond donors (Lipinski definition) is 1. The number of hydrogen-bond acceptors (Lipinski definition) is 3. The number of amides is 1. The molecule has 1 aliphatic rings. The fourth-order valence-corrected chi connectivity index (χ4v) is 3.87. The number of likely N-dealkylation sites (tertiary alicyclic amines) is 1. The van der Waals surface area contributed by atoms with Gasteiger partial charge in [-0.1, -0.05) is 6.07 Å². The highest BCUT2D eigenvalue weighted by Gasteiger charge is 2.32. The van der Waals surface area contributed by atoms with Crippen molar-refractivity contribution in [3.63, 3.8) is 0 Å². The Balaban J connectivity index is 1.54. The van der Waals surface area contributed by atoms with Crippen LogP contribution in [0.5, 0.6) is 0 Å². The number of carbonyl (C=O) groups is 1. The summed E-state index contributed by atoms with van der Waals surface area (Å²) in [5.41, 5.74) is 2.74. The first kappa shape index (κ1) is 16.0. The molecular weight excluding hydrogens is 345 g/mol. The largest absolute Gasteiger partial charge is 0.340 e. The number of fused-ring (bicyclic) bond motifs is 2. The van der Waals surface area contributed by atoms with Crippen LogP contribution in [0, 0.1) is 5.82 Å². The Morgan fingerprint density at radius 3 is 3.07 bits per heavy atom. The summed E-state index contributed by atoms with van der Waals surface area (Å²) >= 11 is 0. The molecule has 0 bridgehead atoms. The average Bonchev–Trinajstić information content (AvgIpc) is 3.31. The minimum absolute atomic E-state index is 0.0486. The van der Waals surface area contributed by atoms with Crippen molar-refractivity contribution in [2.75, 3.05) is 6.54 Å². The number of nitrogens with zero attached hydrogens (tertiary/aromatic N) is 4. The Bertz CT molecular complexity index is 1150. The minimum Gasteiger partial charge on any atom is -0.340 e. The van der Waals surface area contributed by atoms with Gasteiger partial charge in [0.2, 0.25) is 0 Å². The number of carbonyl (C=O) groups excluding carboxylic acids is 1. The van der Waals surface area contributed by atoms with Gasteiger partial charge in [-0.3, -0.25) is 4.79 Å². The van der Waals surface area contributed by atoms with Gasteiger partial charge < -0.3 is 9.88 Å². The van der Waals surface area contributed by atoms with Gasteiger partial charge in [0.25, 0.3) is 5.91 Å². The Morgan fingerprint density at radius 1 is 1.22 bits per heavy atom. The molecule has 5 rings (SSSR count). The van der Waals surface area contributed by atoms with Crippen molar-refractivity contribution in [2.24, 2.45) is 0 Å². The van der Waals surface area contributed by atoms with Crippen LogP contribution in [-0.4, -0.2) is 36.9 Å². The van der Waals surface area contributed by atoms with Gasteiger partial charge in [-0.2, -0.15) is 5.10 Å². The standard InChI is InChI=1S/C20H18FN5O/c21-13-7-8-15-16(11-13)24-19(23-15)18-6-1-3-9-25(18)20(27)14-12-22-26-10-4-2-5-17(14)26/h2,4-5,7-8,10-12,18H,1,3,6,9H2,(H,23,24). The van der Waals surface area contributed by atoms with Crippen molar-refractivity contribution in [1.29, 1.82) is 0 Å². The molecule has 1 N–H and O–H groups in total. The highest BCUT2D eigenvalue weighted by Crippen LogP contribution is 2.32. The van der Waals surface area contributed by atoms with Gasteiger partial charge in [0.05, 0.1) is 34.4 Å². The maximum absolute atomic E-state index is 13.5. The number of aromatic nitrogens is 4. The van der Waals surface area contributed by atoms with Crippen molar-refractivity contribution in [1.82, 2.24) is 24.5 Å².